The molecule has 0 aliphatic rings. The van der Waals surface area contributed by atoms with E-state index in [4.69, 9.17) is 0 Å². The average Bonchev–Trinajstić information content (AvgIpc) is 3.07. The molecule has 0 saturated heterocycles. The zero-order chi connectivity index (χ0) is 19.9. The molecule has 3 aromatic rings. The van der Waals surface area contributed by atoms with Crippen LogP contribution in [0.15, 0.2) is 59.8 Å². The average molecular weight is 399 g/mol. The van der Waals surface area contributed by atoms with Gasteiger partial charge in [0.05, 0.1) is 17.4 Å². The Labute approximate surface area is 168 Å². The summed E-state index contributed by atoms with van der Waals surface area (Å²) >= 11 is 1.29. The van der Waals surface area contributed by atoms with Gasteiger partial charge >= 0.3 is 0 Å². The minimum absolute atomic E-state index is 0.00669. The maximum Gasteiger partial charge on any atom is 0.230 e. The molecule has 28 heavy (non-hydrogen) atoms. The summed E-state index contributed by atoms with van der Waals surface area (Å²) in [4.78, 5) is 12.5. The van der Waals surface area contributed by atoms with Gasteiger partial charge in [-0.2, -0.15) is 0 Å². The molecule has 3 rings (SSSR count). The quantitative estimate of drug-likeness (QED) is 0.573. The van der Waals surface area contributed by atoms with Gasteiger partial charge in [-0.25, -0.2) is 4.39 Å². The highest BCUT2D eigenvalue weighted by molar-refractivity contribution is 7.99. The minimum atomic E-state index is -0.349. The first-order chi connectivity index (χ1) is 13.6. The normalized spacial score (nSPS) is 12.0. The van der Waals surface area contributed by atoms with Crippen LogP contribution < -0.4 is 5.32 Å². The van der Waals surface area contributed by atoms with E-state index in [-0.39, 0.29) is 23.5 Å². The lowest BCUT2D eigenvalue weighted by Gasteiger charge is -2.18. The van der Waals surface area contributed by atoms with Crippen molar-refractivity contribution in [3.05, 3.63) is 66.0 Å². The van der Waals surface area contributed by atoms with E-state index in [1.54, 1.807) is 29.8 Å². The molecule has 1 N–H and O–H groups in total. The van der Waals surface area contributed by atoms with Gasteiger partial charge in [-0.15, -0.1) is 10.2 Å². The molecule has 1 aromatic heterocycles. The van der Waals surface area contributed by atoms with Crippen molar-refractivity contribution in [3.8, 4) is 11.4 Å². The van der Waals surface area contributed by atoms with Gasteiger partial charge in [-0.3, -0.25) is 4.79 Å². The van der Waals surface area contributed by atoms with Crippen molar-refractivity contribution < 1.29 is 9.18 Å². The zero-order valence-corrected chi connectivity index (χ0v) is 16.7. The van der Waals surface area contributed by atoms with Crippen molar-refractivity contribution in [2.45, 2.75) is 31.0 Å². The van der Waals surface area contributed by atoms with Gasteiger partial charge < -0.3 is 9.88 Å². The van der Waals surface area contributed by atoms with E-state index in [1.807, 2.05) is 30.3 Å². The highest BCUT2D eigenvalue weighted by Crippen LogP contribution is 2.25. The topological polar surface area (TPSA) is 59.8 Å². The fourth-order valence-electron chi connectivity index (χ4n) is 2.98. The number of halogens is 1. The molecule has 0 fully saturated rings. The molecule has 1 atom stereocenters. The Morgan fingerprint density at radius 3 is 2.57 bits per heavy atom. The van der Waals surface area contributed by atoms with Crippen molar-refractivity contribution in [2.75, 3.05) is 5.75 Å². The highest BCUT2D eigenvalue weighted by Gasteiger charge is 2.17. The van der Waals surface area contributed by atoms with E-state index in [0.29, 0.717) is 16.5 Å². The molecule has 0 aliphatic heterocycles. The number of nitrogens with one attached hydrogen (secondary N) is 1. The molecule has 0 spiro atoms. The fourth-order valence-corrected chi connectivity index (χ4v) is 3.70. The summed E-state index contributed by atoms with van der Waals surface area (Å²) in [5.74, 6) is 0.241. The third-order valence-corrected chi connectivity index (χ3v) is 5.42. The fraction of sp³-hybridized carbons (Fsp3) is 0.286. The summed E-state index contributed by atoms with van der Waals surface area (Å²) in [6.45, 7) is 2.10. The van der Waals surface area contributed by atoms with Gasteiger partial charge in [0.25, 0.3) is 0 Å². The molecule has 0 saturated carbocycles. The summed E-state index contributed by atoms with van der Waals surface area (Å²) in [5.41, 5.74) is 1.49. The summed E-state index contributed by atoms with van der Waals surface area (Å²) in [6, 6.07) is 16.4. The Bertz CT molecular complexity index is 929. The lowest BCUT2D eigenvalue weighted by molar-refractivity contribution is -0.119. The largest absolute Gasteiger partial charge is 0.349 e. The third-order valence-electron chi connectivity index (χ3n) is 4.40. The molecule has 1 unspecified atom stereocenters. The SMILES string of the molecule is CCCC(NC(=O)CSc1nnc(-c2ccccc2F)n1C)c1ccccc1. The van der Waals surface area contributed by atoms with Crippen LogP contribution >= 0.6 is 11.8 Å². The molecule has 2 aromatic carbocycles. The number of hydrogen-bond acceptors (Lipinski definition) is 4. The number of carbonyl (C=O) groups is 1. The van der Waals surface area contributed by atoms with Crippen LogP contribution in [-0.2, 0) is 11.8 Å². The molecule has 1 amide bonds. The molecule has 5 nitrogen and oxygen atoms in total. The second kappa shape index (κ2) is 9.50. The molecule has 146 valence electrons. The van der Waals surface area contributed by atoms with Crippen LogP contribution in [-0.4, -0.2) is 26.4 Å². The first-order valence-electron chi connectivity index (χ1n) is 9.21. The highest BCUT2D eigenvalue weighted by atomic mass is 32.2. The van der Waals surface area contributed by atoms with Crippen LogP contribution in [0.5, 0.6) is 0 Å². The number of amides is 1. The zero-order valence-electron chi connectivity index (χ0n) is 15.9. The Morgan fingerprint density at radius 1 is 1.14 bits per heavy atom. The van der Waals surface area contributed by atoms with E-state index >= 15 is 0 Å². The van der Waals surface area contributed by atoms with Crippen molar-refractivity contribution in [3.63, 3.8) is 0 Å². The first-order valence-corrected chi connectivity index (χ1v) is 10.2. The van der Waals surface area contributed by atoms with Crippen LogP contribution in [0, 0.1) is 5.82 Å². The van der Waals surface area contributed by atoms with Crippen molar-refractivity contribution in [1.29, 1.82) is 0 Å². The number of aromatic nitrogens is 3. The molecule has 0 radical (unpaired) electrons. The Balaban J connectivity index is 1.64. The number of benzene rings is 2. The van der Waals surface area contributed by atoms with E-state index in [9.17, 15) is 9.18 Å². The third kappa shape index (κ3) is 4.78. The van der Waals surface area contributed by atoms with Crippen molar-refractivity contribution in [1.82, 2.24) is 20.1 Å². The number of thioether (sulfide) groups is 1. The van der Waals surface area contributed by atoms with E-state index in [2.05, 4.69) is 22.4 Å². The number of hydrogen-bond donors (Lipinski definition) is 1. The van der Waals surface area contributed by atoms with Crippen LogP contribution in [0.3, 0.4) is 0 Å². The maximum absolute atomic E-state index is 14.0. The monoisotopic (exact) mass is 398 g/mol. The van der Waals surface area contributed by atoms with E-state index in [0.717, 1.165) is 18.4 Å². The van der Waals surface area contributed by atoms with Gasteiger partial charge in [0.2, 0.25) is 5.91 Å². The molecular weight excluding hydrogens is 375 g/mol. The van der Waals surface area contributed by atoms with Crippen molar-refractivity contribution in [2.24, 2.45) is 7.05 Å². The second-order valence-corrected chi connectivity index (χ2v) is 7.40. The van der Waals surface area contributed by atoms with Crippen LogP contribution in [0.2, 0.25) is 0 Å². The predicted molar refractivity (Wildman–Crippen MR) is 109 cm³/mol. The van der Waals surface area contributed by atoms with Gasteiger partial charge in [0.1, 0.15) is 5.82 Å². The van der Waals surface area contributed by atoms with Crippen LogP contribution in [0.25, 0.3) is 11.4 Å². The van der Waals surface area contributed by atoms with Gasteiger partial charge in [-0.1, -0.05) is 67.6 Å². The predicted octanol–water partition coefficient (Wildman–Crippen LogP) is 4.37. The number of nitrogens with zero attached hydrogens (tertiary/aromatic N) is 3. The number of rotatable bonds is 8. The summed E-state index contributed by atoms with van der Waals surface area (Å²) in [6.07, 6.45) is 1.85. The van der Waals surface area contributed by atoms with Gasteiger partial charge in [-0.05, 0) is 24.1 Å². The Kier molecular flexibility index (Phi) is 6.81. The molecular formula is C21H23FN4OS. The standard InChI is InChI=1S/C21H23FN4OS/c1-3-9-18(15-10-5-4-6-11-15)23-19(27)14-28-21-25-24-20(26(21)2)16-12-7-8-13-17(16)22/h4-8,10-13,18H,3,9,14H2,1-2H3,(H,23,27). The first kappa shape index (κ1) is 20.1. The minimum Gasteiger partial charge on any atom is -0.349 e. The Hall–Kier alpha value is -2.67. The molecule has 0 aliphatic carbocycles. The summed E-state index contributed by atoms with van der Waals surface area (Å²) in [5, 5.41) is 11.9. The van der Waals surface area contributed by atoms with Gasteiger partial charge in [0, 0.05) is 7.05 Å². The maximum atomic E-state index is 14.0. The summed E-state index contributed by atoms with van der Waals surface area (Å²) in [7, 11) is 1.77. The lowest BCUT2D eigenvalue weighted by atomic mass is 10.0. The van der Waals surface area contributed by atoms with E-state index in [1.165, 1.54) is 17.8 Å². The smallest absolute Gasteiger partial charge is 0.230 e. The van der Waals surface area contributed by atoms with Crippen LogP contribution in [0.1, 0.15) is 31.4 Å². The molecule has 1 heterocycles. The van der Waals surface area contributed by atoms with Crippen molar-refractivity contribution >= 4 is 17.7 Å². The Morgan fingerprint density at radius 2 is 1.86 bits per heavy atom. The van der Waals surface area contributed by atoms with E-state index < -0.39 is 0 Å². The second-order valence-electron chi connectivity index (χ2n) is 6.45. The summed E-state index contributed by atoms with van der Waals surface area (Å²) < 4.78 is 15.7. The van der Waals surface area contributed by atoms with Gasteiger partial charge in [0.15, 0.2) is 11.0 Å². The number of carbonyl (C=O) groups excluding carboxylic acids is 1. The lowest BCUT2D eigenvalue weighted by Crippen LogP contribution is -2.30. The molecule has 0 bridgehead atoms. The van der Waals surface area contributed by atoms with Crippen LogP contribution in [0.4, 0.5) is 4.39 Å². The molecule has 7 heteroatoms.